The van der Waals surface area contributed by atoms with Crippen molar-refractivity contribution in [3.05, 3.63) is 52.3 Å². The molecule has 114 valence electrons. The zero-order chi connectivity index (χ0) is 15.2. The first-order valence-electron chi connectivity index (χ1n) is 7.70. The van der Waals surface area contributed by atoms with Crippen LogP contribution in [0, 0.1) is 0 Å². The van der Waals surface area contributed by atoms with Crippen LogP contribution in [0.3, 0.4) is 0 Å². The van der Waals surface area contributed by atoms with Crippen LogP contribution in [0.15, 0.2) is 30.3 Å². The van der Waals surface area contributed by atoms with Gasteiger partial charge in [-0.1, -0.05) is 48.9 Å². The Hall–Kier alpha value is -1.32. The van der Waals surface area contributed by atoms with E-state index in [1.807, 2.05) is 10.7 Å². The lowest BCUT2D eigenvalue weighted by Crippen LogP contribution is -2.14. The van der Waals surface area contributed by atoms with Crippen LogP contribution in [-0.2, 0) is 19.4 Å². The molecule has 2 N–H and O–H groups in total. The summed E-state index contributed by atoms with van der Waals surface area (Å²) in [6, 6.07) is 10.5. The van der Waals surface area contributed by atoms with Gasteiger partial charge in [-0.25, -0.2) is 0 Å². The molecule has 0 saturated carbocycles. The maximum atomic E-state index is 6.47. The first-order valence-corrected chi connectivity index (χ1v) is 8.08. The van der Waals surface area contributed by atoms with Crippen LogP contribution in [0.5, 0.6) is 0 Å². The quantitative estimate of drug-likeness (QED) is 0.845. The highest BCUT2D eigenvalue weighted by Crippen LogP contribution is 2.26. The number of nitrogens with two attached hydrogens (primary N) is 1. The van der Waals surface area contributed by atoms with E-state index in [0.717, 1.165) is 42.2 Å². The predicted molar refractivity (Wildman–Crippen MR) is 88.8 cm³/mol. The van der Waals surface area contributed by atoms with Gasteiger partial charge in [0, 0.05) is 6.54 Å². The molecule has 1 atom stereocenters. The highest BCUT2D eigenvalue weighted by molar-refractivity contribution is 6.31. The van der Waals surface area contributed by atoms with Gasteiger partial charge in [-0.15, -0.1) is 0 Å². The maximum absolute atomic E-state index is 6.47. The van der Waals surface area contributed by atoms with E-state index in [1.54, 1.807) is 0 Å². The van der Waals surface area contributed by atoms with Crippen molar-refractivity contribution in [3.63, 3.8) is 0 Å². The summed E-state index contributed by atoms with van der Waals surface area (Å²) in [5.41, 5.74) is 9.40. The average molecular weight is 306 g/mol. The fourth-order valence-electron chi connectivity index (χ4n) is 2.71. The van der Waals surface area contributed by atoms with Crippen molar-refractivity contribution < 1.29 is 0 Å². The average Bonchev–Trinajstić information content (AvgIpc) is 2.84. The number of hydrogen-bond donors (Lipinski definition) is 1. The molecule has 0 bridgehead atoms. The van der Waals surface area contributed by atoms with Crippen LogP contribution < -0.4 is 5.73 Å². The molecule has 2 rings (SSSR count). The third-order valence-electron chi connectivity index (χ3n) is 3.98. The molecule has 0 spiro atoms. The van der Waals surface area contributed by atoms with Gasteiger partial charge in [0.1, 0.15) is 0 Å². The molecule has 1 aromatic carbocycles. The first kappa shape index (κ1) is 16.1. The lowest BCUT2D eigenvalue weighted by Gasteiger charge is -2.15. The molecule has 21 heavy (non-hydrogen) atoms. The summed E-state index contributed by atoms with van der Waals surface area (Å²) >= 11 is 6.47. The molecule has 0 saturated heterocycles. The summed E-state index contributed by atoms with van der Waals surface area (Å²) in [5.74, 6) is 0.368. The summed E-state index contributed by atoms with van der Waals surface area (Å²) in [7, 11) is 0. The minimum Gasteiger partial charge on any atom is -0.330 e. The predicted octanol–water partition coefficient (Wildman–Crippen LogP) is 3.79. The van der Waals surface area contributed by atoms with Crippen LogP contribution in [0.2, 0.25) is 5.02 Å². The van der Waals surface area contributed by atoms with Crippen molar-refractivity contribution in [3.8, 4) is 0 Å². The van der Waals surface area contributed by atoms with Crippen molar-refractivity contribution in [1.29, 1.82) is 0 Å². The number of nitrogens with zero attached hydrogens (tertiary/aromatic N) is 2. The first-order chi connectivity index (χ1) is 10.2. The van der Waals surface area contributed by atoms with Gasteiger partial charge < -0.3 is 5.73 Å². The van der Waals surface area contributed by atoms with Gasteiger partial charge in [0.05, 0.1) is 16.4 Å². The summed E-state index contributed by atoms with van der Waals surface area (Å²) < 4.78 is 2.03. The molecule has 0 aliphatic carbocycles. The number of rotatable bonds is 7. The molecule has 1 aromatic heterocycles. The van der Waals surface area contributed by atoms with E-state index in [9.17, 15) is 0 Å². The number of aromatic nitrogens is 2. The topological polar surface area (TPSA) is 43.8 Å². The third kappa shape index (κ3) is 3.66. The van der Waals surface area contributed by atoms with Gasteiger partial charge in [0.2, 0.25) is 0 Å². The molecule has 0 aliphatic rings. The van der Waals surface area contributed by atoms with E-state index in [1.165, 1.54) is 5.56 Å². The number of hydrogen-bond acceptors (Lipinski definition) is 2. The molecule has 3 nitrogen and oxygen atoms in total. The van der Waals surface area contributed by atoms with E-state index >= 15 is 0 Å². The standard InChI is InChI=1S/C17H24ClN3/c1-3-15-17(18)16(21(4-2)20-15)11-10-14(12-19)13-8-6-5-7-9-13/h5-9,14H,3-4,10-12,19H2,1-2H3. The van der Waals surface area contributed by atoms with Crippen LogP contribution in [-0.4, -0.2) is 16.3 Å². The summed E-state index contributed by atoms with van der Waals surface area (Å²) in [6.07, 6.45) is 2.78. The zero-order valence-electron chi connectivity index (χ0n) is 12.8. The van der Waals surface area contributed by atoms with Crippen LogP contribution in [0.4, 0.5) is 0 Å². The van der Waals surface area contributed by atoms with Crippen LogP contribution in [0.1, 0.15) is 43.1 Å². The van der Waals surface area contributed by atoms with E-state index in [4.69, 9.17) is 17.3 Å². The molecule has 0 amide bonds. The van der Waals surface area contributed by atoms with Crippen LogP contribution >= 0.6 is 11.6 Å². The van der Waals surface area contributed by atoms with E-state index in [-0.39, 0.29) is 0 Å². The third-order valence-corrected chi connectivity index (χ3v) is 4.42. The van der Waals surface area contributed by atoms with Crippen molar-refractivity contribution in [1.82, 2.24) is 9.78 Å². The second kappa shape index (κ2) is 7.62. The molecular formula is C17H24ClN3. The van der Waals surface area contributed by atoms with Gasteiger partial charge in [0.25, 0.3) is 0 Å². The normalized spacial score (nSPS) is 12.6. The van der Waals surface area contributed by atoms with E-state index < -0.39 is 0 Å². The van der Waals surface area contributed by atoms with Gasteiger partial charge in [-0.05, 0) is 44.2 Å². The maximum Gasteiger partial charge on any atom is 0.0849 e. The fourth-order valence-corrected chi connectivity index (χ4v) is 3.08. The number of halogens is 1. The number of benzene rings is 1. The summed E-state index contributed by atoms with van der Waals surface area (Å²) in [4.78, 5) is 0. The van der Waals surface area contributed by atoms with Gasteiger partial charge in [0.15, 0.2) is 0 Å². The van der Waals surface area contributed by atoms with Crippen molar-refractivity contribution in [2.75, 3.05) is 6.54 Å². The molecular weight excluding hydrogens is 282 g/mol. The molecule has 1 unspecified atom stereocenters. The fraction of sp³-hybridized carbons (Fsp3) is 0.471. The Morgan fingerprint density at radius 2 is 1.95 bits per heavy atom. The Morgan fingerprint density at radius 1 is 1.24 bits per heavy atom. The Morgan fingerprint density at radius 3 is 2.52 bits per heavy atom. The Kier molecular flexibility index (Phi) is 5.83. The largest absolute Gasteiger partial charge is 0.330 e. The number of aryl methyl sites for hydroxylation is 2. The smallest absolute Gasteiger partial charge is 0.0849 e. The zero-order valence-corrected chi connectivity index (χ0v) is 13.6. The lowest BCUT2D eigenvalue weighted by atomic mass is 9.93. The molecule has 0 aliphatic heterocycles. The van der Waals surface area contributed by atoms with Gasteiger partial charge in [-0.3, -0.25) is 4.68 Å². The second-order valence-corrected chi connectivity index (χ2v) is 5.64. The van der Waals surface area contributed by atoms with Crippen molar-refractivity contribution in [2.45, 2.75) is 45.6 Å². The molecule has 0 fully saturated rings. The van der Waals surface area contributed by atoms with Gasteiger partial charge in [-0.2, -0.15) is 5.10 Å². The molecule has 1 heterocycles. The Bertz CT molecular complexity index is 563. The van der Waals surface area contributed by atoms with E-state index in [2.05, 4.69) is 43.2 Å². The van der Waals surface area contributed by atoms with Crippen molar-refractivity contribution >= 4 is 11.6 Å². The Balaban J connectivity index is 2.13. The Labute approximate surface area is 132 Å². The van der Waals surface area contributed by atoms with Crippen LogP contribution in [0.25, 0.3) is 0 Å². The monoisotopic (exact) mass is 305 g/mol. The lowest BCUT2D eigenvalue weighted by molar-refractivity contribution is 0.572. The SMILES string of the molecule is CCc1nn(CC)c(CCC(CN)c2ccccc2)c1Cl. The molecule has 4 heteroatoms. The highest BCUT2D eigenvalue weighted by Gasteiger charge is 2.16. The summed E-state index contributed by atoms with van der Waals surface area (Å²) in [6.45, 7) is 5.70. The minimum absolute atomic E-state index is 0.368. The van der Waals surface area contributed by atoms with Gasteiger partial charge >= 0.3 is 0 Å². The summed E-state index contributed by atoms with van der Waals surface area (Å²) in [5, 5.41) is 5.41. The van der Waals surface area contributed by atoms with E-state index in [0.29, 0.717) is 12.5 Å². The highest BCUT2D eigenvalue weighted by atomic mass is 35.5. The molecule has 2 aromatic rings. The second-order valence-electron chi connectivity index (χ2n) is 5.26. The minimum atomic E-state index is 0.368. The molecule has 0 radical (unpaired) electrons. The van der Waals surface area contributed by atoms with Crippen molar-refractivity contribution in [2.24, 2.45) is 5.73 Å².